The SMILES string of the molecule is CCOc1ccc(C(=O)O)cc1-c1nc2cc3ncn(Cc4ccc(F)cc4)c3cc2c(=O)[nH]1. The summed E-state index contributed by atoms with van der Waals surface area (Å²) in [6, 6.07) is 14.0. The van der Waals surface area contributed by atoms with Crippen molar-refractivity contribution >= 4 is 27.9 Å². The summed E-state index contributed by atoms with van der Waals surface area (Å²) in [4.78, 5) is 36.2. The molecular formula is C25H19FN4O4. The highest BCUT2D eigenvalue weighted by Gasteiger charge is 2.16. The number of hydrogen-bond acceptors (Lipinski definition) is 5. The molecule has 0 spiro atoms. The van der Waals surface area contributed by atoms with Crippen LogP contribution in [-0.2, 0) is 6.54 Å². The molecule has 0 amide bonds. The van der Waals surface area contributed by atoms with Crippen molar-refractivity contribution in [3.05, 3.63) is 88.2 Å². The van der Waals surface area contributed by atoms with Gasteiger partial charge in [0.05, 0.1) is 46.0 Å². The zero-order valence-corrected chi connectivity index (χ0v) is 18.1. The number of benzene rings is 3. The molecule has 0 aliphatic heterocycles. The summed E-state index contributed by atoms with van der Waals surface area (Å²) >= 11 is 0. The number of hydrogen-bond donors (Lipinski definition) is 2. The van der Waals surface area contributed by atoms with Gasteiger partial charge in [0, 0.05) is 6.54 Å². The third kappa shape index (κ3) is 3.88. The van der Waals surface area contributed by atoms with Crippen LogP contribution in [0.15, 0.2) is 65.7 Å². The van der Waals surface area contributed by atoms with E-state index in [2.05, 4.69) is 15.0 Å². The van der Waals surface area contributed by atoms with Crippen LogP contribution in [0.2, 0.25) is 0 Å². The Morgan fingerprint density at radius 1 is 1.12 bits per heavy atom. The molecule has 5 rings (SSSR count). The molecule has 5 aromatic rings. The molecule has 0 radical (unpaired) electrons. The van der Waals surface area contributed by atoms with Crippen molar-refractivity contribution in [3.63, 3.8) is 0 Å². The van der Waals surface area contributed by atoms with E-state index in [0.717, 1.165) is 11.1 Å². The number of carboxylic acids is 1. The normalized spacial score (nSPS) is 11.2. The van der Waals surface area contributed by atoms with Crippen LogP contribution in [0.5, 0.6) is 5.75 Å². The molecule has 8 nitrogen and oxygen atoms in total. The van der Waals surface area contributed by atoms with E-state index in [-0.39, 0.29) is 22.8 Å². The Hall–Kier alpha value is -4.53. The van der Waals surface area contributed by atoms with E-state index in [1.165, 1.54) is 24.3 Å². The van der Waals surface area contributed by atoms with Gasteiger partial charge in [-0.2, -0.15) is 0 Å². The molecule has 2 aromatic heterocycles. The Labute approximate surface area is 192 Å². The number of carbonyl (C=O) groups is 1. The first-order chi connectivity index (χ1) is 16.4. The molecule has 0 aliphatic carbocycles. The van der Waals surface area contributed by atoms with Gasteiger partial charge in [-0.05, 0) is 55.0 Å². The van der Waals surface area contributed by atoms with Crippen LogP contribution in [0.4, 0.5) is 4.39 Å². The van der Waals surface area contributed by atoms with Gasteiger partial charge in [0.2, 0.25) is 0 Å². The Balaban J connectivity index is 1.62. The molecule has 34 heavy (non-hydrogen) atoms. The molecule has 0 aliphatic rings. The molecule has 2 heterocycles. The lowest BCUT2D eigenvalue weighted by molar-refractivity contribution is 0.0697. The van der Waals surface area contributed by atoms with Crippen molar-refractivity contribution in [2.24, 2.45) is 0 Å². The van der Waals surface area contributed by atoms with Crippen LogP contribution in [0.1, 0.15) is 22.8 Å². The molecule has 0 unspecified atom stereocenters. The zero-order chi connectivity index (χ0) is 23.8. The molecule has 0 bridgehead atoms. The second-order valence-electron chi connectivity index (χ2n) is 7.72. The van der Waals surface area contributed by atoms with Crippen LogP contribution < -0.4 is 10.3 Å². The number of halogens is 1. The number of aromatic amines is 1. The number of ether oxygens (including phenoxy) is 1. The first-order valence-electron chi connectivity index (χ1n) is 10.6. The fourth-order valence-corrected chi connectivity index (χ4v) is 3.86. The Morgan fingerprint density at radius 3 is 2.65 bits per heavy atom. The number of rotatable bonds is 6. The van der Waals surface area contributed by atoms with Crippen LogP contribution in [0, 0.1) is 5.82 Å². The van der Waals surface area contributed by atoms with E-state index in [1.807, 2.05) is 11.5 Å². The maximum Gasteiger partial charge on any atom is 0.335 e. The molecule has 0 fully saturated rings. The van der Waals surface area contributed by atoms with E-state index < -0.39 is 5.97 Å². The van der Waals surface area contributed by atoms with Gasteiger partial charge in [0.25, 0.3) is 5.56 Å². The fraction of sp³-hybridized carbons (Fsp3) is 0.120. The summed E-state index contributed by atoms with van der Waals surface area (Å²) < 4.78 is 20.7. The standard InChI is InChI=1S/C25H19FN4O4/c1-2-34-22-8-5-15(25(32)33)9-18(22)23-28-19-11-20-21(10-17(19)24(31)29-23)30(13-27-20)12-14-3-6-16(26)7-4-14/h3-11,13H,2,12H2,1H3,(H,32,33)(H,28,29,31). The lowest BCUT2D eigenvalue weighted by Gasteiger charge is -2.11. The molecule has 0 saturated carbocycles. The summed E-state index contributed by atoms with van der Waals surface area (Å²) in [6.45, 7) is 2.64. The quantitative estimate of drug-likeness (QED) is 0.394. The number of nitrogens with one attached hydrogen (secondary N) is 1. The maximum atomic E-state index is 13.2. The van der Waals surface area contributed by atoms with Gasteiger partial charge in [0.15, 0.2) is 0 Å². The van der Waals surface area contributed by atoms with Crippen molar-refractivity contribution in [1.29, 1.82) is 0 Å². The maximum absolute atomic E-state index is 13.2. The monoisotopic (exact) mass is 458 g/mol. The Bertz CT molecular complexity index is 1610. The second kappa shape index (κ2) is 8.43. The van der Waals surface area contributed by atoms with Crippen molar-refractivity contribution in [1.82, 2.24) is 19.5 Å². The van der Waals surface area contributed by atoms with Gasteiger partial charge < -0.3 is 19.4 Å². The number of aromatic carboxylic acids is 1. The second-order valence-corrected chi connectivity index (χ2v) is 7.72. The highest BCUT2D eigenvalue weighted by Crippen LogP contribution is 2.30. The average molecular weight is 458 g/mol. The third-order valence-corrected chi connectivity index (χ3v) is 5.49. The first-order valence-corrected chi connectivity index (χ1v) is 10.6. The van der Waals surface area contributed by atoms with E-state index in [0.29, 0.717) is 40.9 Å². The van der Waals surface area contributed by atoms with Gasteiger partial charge in [-0.25, -0.2) is 19.2 Å². The minimum absolute atomic E-state index is 0.0520. The minimum Gasteiger partial charge on any atom is -0.493 e. The van der Waals surface area contributed by atoms with Gasteiger partial charge in [-0.3, -0.25) is 4.79 Å². The number of fused-ring (bicyclic) bond motifs is 2. The van der Waals surface area contributed by atoms with E-state index in [4.69, 9.17) is 4.74 Å². The smallest absolute Gasteiger partial charge is 0.335 e. The summed E-state index contributed by atoms with van der Waals surface area (Å²) in [5, 5.41) is 9.75. The Morgan fingerprint density at radius 2 is 1.91 bits per heavy atom. The lowest BCUT2D eigenvalue weighted by Crippen LogP contribution is -2.11. The highest BCUT2D eigenvalue weighted by molar-refractivity contribution is 5.94. The molecule has 0 atom stereocenters. The first kappa shape index (κ1) is 21.3. The lowest BCUT2D eigenvalue weighted by atomic mass is 10.1. The zero-order valence-electron chi connectivity index (χ0n) is 18.1. The van der Waals surface area contributed by atoms with Crippen LogP contribution >= 0.6 is 0 Å². The van der Waals surface area contributed by atoms with Gasteiger partial charge >= 0.3 is 5.97 Å². The third-order valence-electron chi connectivity index (χ3n) is 5.49. The van der Waals surface area contributed by atoms with Crippen molar-refractivity contribution < 1.29 is 19.0 Å². The molecular weight excluding hydrogens is 439 g/mol. The van der Waals surface area contributed by atoms with E-state index >= 15 is 0 Å². The number of imidazole rings is 1. The van der Waals surface area contributed by atoms with Crippen molar-refractivity contribution in [2.45, 2.75) is 13.5 Å². The van der Waals surface area contributed by atoms with Crippen LogP contribution in [0.25, 0.3) is 33.3 Å². The summed E-state index contributed by atoms with van der Waals surface area (Å²) in [7, 11) is 0. The predicted molar refractivity (Wildman–Crippen MR) is 125 cm³/mol. The summed E-state index contributed by atoms with van der Waals surface area (Å²) in [6.07, 6.45) is 1.66. The van der Waals surface area contributed by atoms with Gasteiger partial charge in [-0.15, -0.1) is 0 Å². The van der Waals surface area contributed by atoms with Crippen LogP contribution in [-0.4, -0.2) is 37.2 Å². The van der Waals surface area contributed by atoms with Gasteiger partial charge in [-0.1, -0.05) is 12.1 Å². The largest absolute Gasteiger partial charge is 0.493 e. The summed E-state index contributed by atoms with van der Waals surface area (Å²) in [5.74, 6) is -0.783. The topological polar surface area (TPSA) is 110 Å². The van der Waals surface area contributed by atoms with Crippen molar-refractivity contribution in [2.75, 3.05) is 6.61 Å². The number of aromatic nitrogens is 4. The molecule has 3 aromatic carbocycles. The minimum atomic E-state index is -1.10. The Kier molecular flexibility index (Phi) is 5.29. The number of nitrogens with zero attached hydrogens (tertiary/aromatic N) is 3. The van der Waals surface area contributed by atoms with E-state index in [1.54, 1.807) is 36.7 Å². The molecule has 9 heteroatoms. The fourth-order valence-electron chi connectivity index (χ4n) is 3.86. The average Bonchev–Trinajstić information content (AvgIpc) is 3.21. The summed E-state index contributed by atoms with van der Waals surface area (Å²) in [5.41, 5.74) is 2.74. The molecule has 2 N–H and O–H groups in total. The highest BCUT2D eigenvalue weighted by atomic mass is 19.1. The van der Waals surface area contributed by atoms with Gasteiger partial charge in [0.1, 0.15) is 17.4 Å². The van der Waals surface area contributed by atoms with Crippen molar-refractivity contribution in [3.8, 4) is 17.1 Å². The molecule has 0 saturated heterocycles. The predicted octanol–water partition coefficient (Wildman–Crippen LogP) is 4.22. The van der Waals surface area contributed by atoms with E-state index in [9.17, 15) is 19.1 Å². The van der Waals surface area contributed by atoms with Crippen LogP contribution in [0.3, 0.4) is 0 Å². The molecule has 170 valence electrons. The number of H-pyrrole nitrogens is 1. The number of carboxylic acid groups (broad SMARTS) is 1.